The van der Waals surface area contributed by atoms with Crippen molar-refractivity contribution in [2.24, 2.45) is 0 Å². The normalized spacial score (nSPS) is 11.7. The second kappa shape index (κ2) is 7.16. The molecule has 0 bridgehead atoms. The van der Waals surface area contributed by atoms with Crippen LogP contribution in [0.1, 0.15) is 51.9 Å². The number of nitrogens with zero attached hydrogens (tertiary/aromatic N) is 1. The molecule has 0 aliphatic heterocycles. The molecule has 8 heteroatoms. The number of carbonyl (C=O) groups excluding carboxylic acids is 3. The van der Waals surface area contributed by atoms with Crippen LogP contribution < -0.4 is 4.90 Å². The molecule has 0 unspecified atom stereocenters. The molecular formula is C17H21F2NO5. The van der Waals surface area contributed by atoms with E-state index in [-0.39, 0.29) is 11.2 Å². The van der Waals surface area contributed by atoms with Gasteiger partial charge in [-0.25, -0.2) is 18.4 Å². The summed E-state index contributed by atoms with van der Waals surface area (Å²) in [5.74, 6) is -2.49. The number of rotatable bonds is 2. The average molecular weight is 357 g/mol. The Morgan fingerprint density at radius 1 is 0.960 bits per heavy atom. The minimum atomic E-state index is -1.37. The molecule has 0 fully saturated rings. The molecule has 1 rings (SSSR count). The number of amides is 2. The van der Waals surface area contributed by atoms with Crippen LogP contribution in [0.5, 0.6) is 0 Å². The molecule has 0 saturated carbocycles. The summed E-state index contributed by atoms with van der Waals surface area (Å²) in [6, 6.07) is 1.62. The van der Waals surface area contributed by atoms with Gasteiger partial charge in [0, 0.05) is 0 Å². The summed E-state index contributed by atoms with van der Waals surface area (Å²) in [5.41, 5.74) is -3.52. The molecule has 1 aromatic carbocycles. The Morgan fingerprint density at radius 3 is 1.76 bits per heavy atom. The number of ether oxygens (including phenoxy) is 2. The minimum absolute atomic E-state index is 0.0451. The molecule has 0 atom stereocenters. The van der Waals surface area contributed by atoms with Gasteiger partial charge in [0.25, 0.3) is 0 Å². The maximum Gasteiger partial charge on any atom is 0.424 e. The number of hydrogen-bond donors (Lipinski definition) is 0. The molecule has 138 valence electrons. The summed E-state index contributed by atoms with van der Waals surface area (Å²) in [6.45, 7) is 9.31. The second-order valence-electron chi connectivity index (χ2n) is 7.21. The maximum absolute atomic E-state index is 14.4. The van der Waals surface area contributed by atoms with E-state index in [1.54, 1.807) is 41.5 Å². The number of carbonyl (C=O) groups is 3. The first kappa shape index (κ1) is 20.5. The van der Waals surface area contributed by atoms with Gasteiger partial charge in [-0.1, -0.05) is 0 Å². The standard InChI is InChI=1S/C17H21F2NO5/c1-16(2,3)24-14(22)20(15(23)25-17(4,5)6)12-8-7-11(18)10(9-21)13(12)19/h7-9H,1-6H3. The third-order valence-electron chi connectivity index (χ3n) is 2.62. The molecule has 25 heavy (non-hydrogen) atoms. The van der Waals surface area contributed by atoms with Crippen molar-refractivity contribution in [3.05, 3.63) is 29.3 Å². The van der Waals surface area contributed by atoms with Crippen LogP contribution in [0, 0.1) is 11.6 Å². The highest BCUT2D eigenvalue weighted by Crippen LogP contribution is 2.27. The Kier molecular flexibility index (Phi) is 5.88. The van der Waals surface area contributed by atoms with Crippen LogP contribution in [0.15, 0.2) is 12.1 Å². The van der Waals surface area contributed by atoms with E-state index in [0.29, 0.717) is 0 Å². The molecule has 0 spiro atoms. The number of aldehydes is 1. The first-order valence-electron chi connectivity index (χ1n) is 7.46. The van der Waals surface area contributed by atoms with Crippen LogP contribution in [0.4, 0.5) is 24.1 Å². The highest BCUT2D eigenvalue weighted by atomic mass is 19.1. The van der Waals surface area contributed by atoms with Gasteiger partial charge in [0.05, 0.1) is 11.3 Å². The van der Waals surface area contributed by atoms with Gasteiger partial charge in [0.1, 0.15) is 17.0 Å². The van der Waals surface area contributed by atoms with Crippen LogP contribution in [-0.2, 0) is 9.47 Å². The maximum atomic E-state index is 14.4. The van der Waals surface area contributed by atoms with Gasteiger partial charge in [0.15, 0.2) is 12.1 Å². The zero-order chi connectivity index (χ0) is 19.6. The van der Waals surface area contributed by atoms with E-state index >= 15 is 0 Å². The van der Waals surface area contributed by atoms with Crippen LogP contribution in [0.3, 0.4) is 0 Å². The molecule has 6 nitrogen and oxygen atoms in total. The number of benzene rings is 1. The average Bonchev–Trinajstić information content (AvgIpc) is 2.38. The quantitative estimate of drug-likeness (QED) is 0.731. The van der Waals surface area contributed by atoms with Gasteiger partial charge in [-0.15, -0.1) is 0 Å². The summed E-state index contributed by atoms with van der Waals surface area (Å²) in [5, 5.41) is 0. The van der Waals surface area contributed by atoms with Crippen LogP contribution in [0.25, 0.3) is 0 Å². The van der Waals surface area contributed by atoms with E-state index in [0.717, 1.165) is 12.1 Å². The third-order valence-corrected chi connectivity index (χ3v) is 2.62. The molecule has 2 amide bonds. The van der Waals surface area contributed by atoms with Gasteiger partial charge >= 0.3 is 12.2 Å². The van der Waals surface area contributed by atoms with Crippen molar-refractivity contribution in [3.63, 3.8) is 0 Å². The van der Waals surface area contributed by atoms with Crippen molar-refractivity contribution in [2.45, 2.75) is 52.7 Å². The van der Waals surface area contributed by atoms with Crippen molar-refractivity contribution in [2.75, 3.05) is 4.90 Å². The molecule has 0 radical (unpaired) electrons. The largest absolute Gasteiger partial charge is 0.443 e. The first-order valence-corrected chi connectivity index (χ1v) is 7.46. The monoisotopic (exact) mass is 357 g/mol. The Morgan fingerprint density at radius 2 is 1.40 bits per heavy atom. The zero-order valence-corrected chi connectivity index (χ0v) is 15.0. The van der Waals surface area contributed by atoms with Crippen molar-refractivity contribution >= 4 is 24.2 Å². The second-order valence-corrected chi connectivity index (χ2v) is 7.21. The summed E-state index contributed by atoms with van der Waals surface area (Å²) in [6.07, 6.45) is -2.48. The van der Waals surface area contributed by atoms with E-state index in [2.05, 4.69) is 0 Å². The minimum Gasteiger partial charge on any atom is -0.443 e. The SMILES string of the molecule is CC(C)(C)OC(=O)N(C(=O)OC(C)(C)C)c1ccc(F)c(C=O)c1F. The highest BCUT2D eigenvalue weighted by Gasteiger charge is 2.35. The zero-order valence-electron chi connectivity index (χ0n) is 15.0. The van der Waals surface area contributed by atoms with Gasteiger partial charge in [-0.05, 0) is 53.7 Å². The summed E-state index contributed by atoms with van der Waals surface area (Å²) in [4.78, 5) is 35.9. The fourth-order valence-electron chi connectivity index (χ4n) is 1.72. The van der Waals surface area contributed by atoms with E-state index in [4.69, 9.17) is 9.47 Å². The molecule has 1 aromatic rings. The van der Waals surface area contributed by atoms with Crippen LogP contribution in [-0.4, -0.2) is 29.7 Å². The van der Waals surface area contributed by atoms with Crippen LogP contribution in [0.2, 0.25) is 0 Å². The summed E-state index contributed by atoms with van der Waals surface area (Å²) >= 11 is 0. The topological polar surface area (TPSA) is 72.9 Å². The molecular weight excluding hydrogens is 336 g/mol. The fraction of sp³-hybridized carbons (Fsp3) is 0.471. The Labute approximate surface area is 144 Å². The summed E-state index contributed by atoms with van der Waals surface area (Å²) in [7, 11) is 0. The lowest BCUT2D eigenvalue weighted by Crippen LogP contribution is -2.44. The lowest BCUT2D eigenvalue weighted by Gasteiger charge is -2.28. The smallest absolute Gasteiger partial charge is 0.424 e. The molecule has 0 aliphatic rings. The van der Waals surface area contributed by atoms with Crippen molar-refractivity contribution in [1.29, 1.82) is 0 Å². The Hall–Kier alpha value is -2.51. The van der Waals surface area contributed by atoms with Crippen molar-refractivity contribution in [3.8, 4) is 0 Å². The Balaban J connectivity index is 3.44. The highest BCUT2D eigenvalue weighted by molar-refractivity contribution is 6.10. The number of anilines is 1. The predicted octanol–water partition coefficient (Wildman–Crippen LogP) is 4.45. The number of hydrogen-bond acceptors (Lipinski definition) is 5. The van der Waals surface area contributed by atoms with Crippen molar-refractivity contribution < 1.29 is 32.6 Å². The lowest BCUT2D eigenvalue weighted by atomic mass is 10.1. The molecule has 0 aliphatic carbocycles. The van der Waals surface area contributed by atoms with E-state index in [9.17, 15) is 23.2 Å². The lowest BCUT2D eigenvalue weighted by molar-refractivity contribution is 0.0428. The number of halogens is 2. The molecule has 0 N–H and O–H groups in total. The summed E-state index contributed by atoms with van der Waals surface area (Å²) < 4.78 is 38.1. The van der Waals surface area contributed by atoms with Crippen molar-refractivity contribution in [1.82, 2.24) is 0 Å². The molecule has 0 heterocycles. The van der Waals surface area contributed by atoms with E-state index < -0.39 is 46.3 Å². The third kappa shape index (κ3) is 5.51. The molecule has 0 aromatic heterocycles. The van der Waals surface area contributed by atoms with Crippen LogP contribution >= 0.6 is 0 Å². The van der Waals surface area contributed by atoms with E-state index in [1.165, 1.54) is 0 Å². The fourth-order valence-corrected chi connectivity index (χ4v) is 1.72. The van der Waals surface area contributed by atoms with E-state index in [1.807, 2.05) is 0 Å². The molecule has 0 saturated heterocycles. The van der Waals surface area contributed by atoms with Gasteiger partial charge < -0.3 is 9.47 Å². The first-order chi connectivity index (χ1) is 11.3. The van der Waals surface area contributed by atoms with Gasteiger partial charge in [-0.3, -0.25) is 4.79 Å². The predicted molar refractivity (Wildman–Crippen MR) is 86.7 cm³/mol. The Bertz CT molecular complexity index is 662. The number of imide groups is 1. The van der Waals surface area contributed by atoms with Gasteiger partial charge in [0.2, 0.25) is 0 Å². The van der Waals surface area contributed by atoms with Gasteiger partial charge in [-0.2, -0.15) is 4.90 Å².